The minimum absolute atomic E-state index is 0.0640. The molecule has 3 aromatic carbocycles. The molecule has 0 aliphatic heterocycles. The van der Waals surface area contributed by atoms with Crippen molar-refractivity contribution in [1.29, 1.82) is 0 Å². The van der Waals surface area contributed by atoms with Crippen LogP contribution < -0.4 is 11.5 Å². The zero-order chi connectivity index (χ0) is 26.5. The normalized spacial score (nSPS) is 17.2. The number of carboxylic acid groups (broad SMARTS) is 1. The van der Waals surface area contributed by atoms with Crippen LogP contribution in [0.2, 0.25) is 0 Å². The minimum atomic E-state index is -4.38. The van der Waals surface area contributed by atoms with Crippen LogP contribution in [0.25, 0.3) is 10.8 Å². The van der Waals surface area contributed by atoms with Gasteiger partial charge in [0.2, 0.25) is 0 Å². The Bertz CT molecular complexity index is 1350. The highest BCUT2D eigenvalue weighted by atomic mass is 19.4. The highest BCUT2D eigenvalue weighted by Gasteiger charge is 2.33. The van der Waals surface area contributed by atoms with Crippen molar-refractivity contribution in [3.05, 3.63) is 111 Å². The first kappa shape index (κ1) is 26.4. The van der Waals surface area contributed by atoms with Crippen LogP contribution in [0, 0.1) is 10.1 Å². The fourth-order valence-corrected chi connectivity index (χ4v) is 3.85. The maximum atomic E-state index is 12.3. The summed E-state index contributed by atoms with van der Waals surface area (Å²) in [7, 11) is 0. The first-order chi connectivity index (χ1) is 16.9. The summed E-state index contributed by atoms with van der Waals surface area (Å²) in [5.41, 5.74) is 12.0. The number of nitrogens with two attached hydrogens (primary N) is 2. The van der Waals surface area contributed by atoms with Gasteiger partial charge in [-0.05, 0) is 48.1 Å². The van der Waals surface area contributed by atoms with Crippen molar-refractivity contribution in [3.63, 3.8) is 0 Å². The van der Waals surface area contributed by atoms with E-state index in [0.717, 1.165) is 17.5 Å². The smallest absolute Gasteiger partial charge is 0.416 e. The number of halogens is 3. The fraction of sp³-hybridized carbons (Fsp3) is 0.192. The number of nitro benzene ring substituents is 1. The van der Waals surface area contributed by atoms with E-state index in [1.165, 1.54) is 12.1 Å². The number of aliphatic carboxylic acids is 1. The molecule has 0 fully saturated rings. The lowest BCUT2D eigenvalue weighted by molar-refractivity contribution is -0.384. The number of aryl methyl sites for hydroxylation is 1. The third-order valence-corrected chi connectivity index (χ3v) is 5.72. The molecule has 0 bridgehead atoms. The summed E-state index contributed by atoms with van der Waals surface area (Å²) in [6.45, 7) is 0. The Morgan fingerprint density at radius 1 is 1.11 bits per heavy atom. The number of alkyl halides is 3. The van der Waals surface area contributed by atoms with Gasteiger partial charge in [-0.3, -0.25) is 14.9 Å². The van der Waals surface area contributed by atoms with E-state index in [2.05, 4.69) is 0 Å². The lowest BCUT2D eigenvalue weighted by Crippen LogP contribution is -2.36. The second kappa shape index (κ2) is 10.6. The van der Waals surface area contributed by atoms with E-state index in [4.69, 9.17) is 16.6 Å². The average molecular weight is 499 g/mol. The molecule has 0 aromatic heterocycles. The summed E-state index contributed by atoms with van der Waals surface area (Å²) in [6, 6.07) is 15.5. The van der Waals surface area contributed by atoms with Crippen LogP contribution in [0.1, 0.15) is 29.5 Å². The molecule has 5 N–H and O–H groups in total. The van der Waals surface area contributed by atoms with Crippen LogP contribution in [-0.4, -0.2) is 16.0 Å². The second-order valence-corrected chi connectivity index (χ2v) is 8.31. The monoisotopic (exact) mass is 499 g/mol. The van der Waals surface area contributed by atoms with Gasteiger partial charge in [0.05, 0.1) is 27.0 Å². The summed E-state index contributed by atoms with van der Waals surface area (Å²) in [6.07, 6.45) is 1.23. The predicted octanol–water partition coefficient (Wildman–Crippen LogP) is 5.43. The van der Waals surface area contributed by atoms with Crippen molar-refractivity contribution < 1.29 is 28.0 Å². The Morgan fingerprint density at radius 3 is 2.44 bits per heavy atom. The fourth-order valence-electron chi connectivity index (χ4n) is 3.85. The molecular formula is C26H24F3N3O4. The zero-order valence-corrected chi connectivity index (χ0v) is 19.0. The van der Waals surface area contributed by atoms with E-state index in [0.29, 0.717) is 28.6 Å². The average Bonchev–Trinajstić information content (AvgIpc) is 2.84. The predicted molar refractivity (Wildman–Crippen MR) is 130 cm³/mol. The van der Waals surface area contributed by atoms with Crippen molar-refractivity contribution in [2.45, 2.75) is 31.0 Å². The molecule has 0 radical (unpaired) electrons. The largest absolute Gasteiger partial charge is 0.481 e. The van der Waals surface area contributed by atoms with Gasteiger partial charge < -0.3 is 16.6 Å². The van der Waals surface area contributed by atoms with Gasteiger partial charge in [0, 0.05) is 12.1 Å². The summed E-state index contributed by atoms with van der Waals surface area (Å²) in [4.78, 5) is 21.4. The molecular weight excluding hydrogens is 475 g/mol. The van der Waals surface area contributed by atoms with E-state index in [9.17, 15) is 28.1 Å². The van der Waals surface area contributed by atoms with Crippen molar-refractivity contribution in [2.24, 2.45) is 11.5 Å². The number of rotatable bonds is 5. The van der Waals surface area contributed by atoms with Gasteiger partial charge in [0.15, 0.2) is 0 Å². The molecule has 0 heterocycles. The molecule has 0 amide bonds. The van der Waals surface area contributed by atoms with Gasteiger partial charge in [-0.15, -0.1) is 0 Å². The number of nitrogens with zero attached hydrogens (tertiary/aromatic N) is 1. The first-order valence-corrected chi connectivity index (χ1v) is 10.9. The third-order valence-electron chi connectivity index (χ3n) is 5.72. The molecule has 0 spiro atoms. The molecule has 10 heteroatoms. The van der Waals surface area contributed by atoms with Gasteiger partial charge >= 0.3 is 12.1 Å². The van der Waals surface area contributed by atoms with Gasteiger partial charge in [-0.2, -0.15) is 13.2 Å². The first-order valence-electron chi connectivity index (χ1n) is 10.9. The second-order valence-electron chi connectivity index (χ2n) is 8.31. The summed E-state index contributed by atoms with van der Waals surface area (Å²) in [5, 5.41) is 21.4. The number of allylic oxidation sites excluding steroid dienone is 1. The minimum Gasteiger partial charge on any atom is -0.481 e. The van der Waals surface area contributed by atoms with Crippen molar-refractivity contribution >= 4 is 22.4 Å². The van der Waals surface area contributed by atoms with Crippen molar-refractivity contribution in [1.82, 2.24) is 0 Å². The standard InChI is InChI=1S/C16H15N3O2.C10H9F3O2/c17-12-7-9-16(18,10-8-12)14-6-5-11-3-1-2-4-13(11)15(14)19(20)21;11-10(12,13)8-3-1-2-7(6-8)4-5-9(14)15/h1-9H,10,17-18H2;1-3,6H,4-5H2,(H,14,15). The van der Waals surface area contributed by atoms with E-state index in [1.54, 1.807) is 36.4 Å². The Kier molecular flexibility index (Phi) is 7.79. The topological polar surface area (TPSA) is 132 Å². The Hall–Kier alpha value is -4.18. The molecule has 36 heavy (non-hydrogen) atoms. The van der Waals surface area contributed by atoms with Gasteiger partial charge in [-0.1, -0.05) is 54.6 Å². The van der Waals surface area contributed by atoms with Crippen LogP contribution in [-0.2, 0) is 22.9 Å². The SMILES string of the molecule is NC1=CCC(N)(c2ccc3ccccc3c2[N+](=O)[O-])C=C1.O=C(O)CCc1cccc(C(F)(F)F)c1. The van der Waals surface area contributed by atoms with E-state index >= 15 is 0 Å². The summed E-state index contributed by atoms with van der Waals surface area (Å²) in [5.74, 6) is -1.02. The van der Waals surface area contributed by atoms with Gasteiger partial charge in [-0.25, -0.2) is 0 Å². The number of hydrogen-bond acceptors (Lipinski definition) is 5. The quantitative estimate of drug-likeness (QED) is 0.317. The van der Waals surface area contributed by atoms with E-state index in [-0.39, 0.29) is 23.5 Å². The molecule has 1 aliphatic carbocycles. The maximum Gasteiger partial charge on any atom is 0.416 e. The van der Waals surface area contributed by atoms with Gasteiger partial charge in [0.25, 0.3) is 5.69 Å². The van der Waals surface area contributed by atoms with Crippen LogP contribution in [0.3, 0.4) is 0 Å². The Morgan fingerprint density at radius 2 is 1.83 bits per heavy atom. The lowest BCUT2D eigenvalue weighted by Gasteiger charge is -2.28. The Labute approximate surface area is 204 Å². The Balaban J connectivity index is 0.000000214. The number of carboxylic acids is 1. The molecule has 4 rings (SSSR count). The third kappa shape index (κ3) is 6.28. The number of nitro groups is 1. The van der Waals surface area contributed by atoms with Crippen molar-refractivity contribution in [3.8, 4) is 0 Å². The number of benzene rings is 3. The molecule has 188 valence electrons. The van der Waals surface area contributed by atoms with Crippen LogP contribution in [0.15, 0.2) is 84.6 Å². The van der Waals surface area contributed by atoms with Crippen LogP contribution >= 0.6 is 0 Å². The molecule has 1 unspecified atom stereocenters. The number of fused-ring (bicyclic) bond motifs is 1. The zero-order valence-electron chi connectivity index (χ0n) is 19.0. The van der Waals surface area contributed by atoms with E-state index in [1.807, 2.05) is 18.2 Å². The van der Waals surface area contributed by atoms with Crippen LogP contribution in [0.5, 0.6) is 0 Å². The van der Waals surface area contributed by atoms with E-state index < -0.39 is 23.2 Å². The molecule has 0 saturated carbocycles. The molecule has 0 saturated heterocycles. The van der Waals surface area contributed by atoms with Gasteiger partial charge in [0.1, 0.15) is 0 Å². The highest BCUT2D eigenvalue weighted by molar-refractivity contribution is 5.92. The molecule has 7 nitrogen and oxygen atoms in total. The lowest BCUT2D eigenvalue weighted by atomic mass is 9.82. The van der Waals surface area contributed by atoms with Crippen molar-refractivity contribution in [2.75, 3.05) is 0 Å². The molecule has 3 aromatic rings. The summed E-state index contributed by atoms with van der Waals surface area (Å²) < 4.78 is 36.8. The maximum absolute atomic E-state index is 12.3. The molecule has 1 atom stereocenters. The highest BCUT2D eigenvalue weighted by Crippen LogP contribution is 2.38. The summed E-state index contributed by atoms with van der Waals surface area (Å²) >= 11 is 0. The van der Waals surface area contributed by atoms with Crippen LogP contribution in [0.4, 0.5) is 18.9 Å². The number of hydrogen-bond donors (Lipinski definition) is 3. The number of carbonyl (C=O) groups is 1. The molecule has 1 aliphatic rings.